The van der Waals surface area contributed by atoms with E-state index in [0.29, 0.717) is 19.0 Å². The first-order valence-corrected chi connectivity index (χ1v) is 7.88. The van der Waals surface area contributed by atoms with E-state index >= 15 is 0 Å². The number of primary sulfonamides is 1. The fourth-order valence-corrected chi connectivity index (χ4v) is 3.35. The van der Waals surface area contributed by atoms with Crippen LogP contribution in [0.4, 0.5) is 0 Å². The standard InChI is InChI=1S/C11H20N4O3S/c1-11(5-3-4-6-11)9-13-14-10(19(12,16)17)15(9)7-8-18-2/h3-8H2,1-2H3,(H2,12,16,17). The lowest BCUT2D eigenvalue weighted by Gasteiger charge is -2.23. The smallest absolute Gasteiger partial charge is 0.273 e. The zero-order chi connectivity index (χ0) is 14.1. The van der Waals surface area contributed by atoms with Crippen molar-refractivity contribution < 1.29 is 13.2 Å². The monoisotopic (exact) mass is 288 g/mol. The van der Waals surface area contributed by atoms with Crippen molar-refractivity contribution in [3.63, 3.8) is 0 Å². The molecule has 1 saturated carbocycles. The Morgan fingerprint density at radius 2 is 2.00 bits per heavy atom. The molecule has 8 heteroatoms. The fraction of sp³-hybridized carbons (Fsp3) is 0.818. The number of methoxy groups -OCH3 is 1. The van der Waals surface area contributed by atoms with Crippen LogP contribution < -0.4 is 5.14 Å². The number of rotatable bonds is 5. The summed E-state index contributed by atoms with van der Waals surface area (Å²) in [5.41, 5.74) is -0.121. The van der Waals surface area contributed by atoms with Crippen LogP contribution in [-0.2, 0) is 26.7 Å². The SMILES string of the molecule is COCCn1c(C2(C)CCCC2)nnc1S(N)(=O)=O. The van der Waals surface area contributed by atoms with Crippen LogP contribution in [0.1, 0.15) is 38.4 Å². The molecule has 2 N–H and O–H groups in total. The molecule has 7 nitrogen and oxygen atoms in total. The van der Waals surface area contributed by atoms with Gasteiger partial charge in [-0.1, -0.05) is 19.8 Å². The summed E-state index contributed by atoms with van der Waals surface area (Å²) in [5.74, 6) is 0.700. The van der Waals surface area contributed by atoms with Gasteiger partial charge in [-0.2, -0.15) is 0 Å². The highest BCUT2D eigenvalue weighted by atomic mass is 32.2. The molecule has 0 aliphatic heterocycles. The molecule has 1 aliphatic rings. The Morgan fingerprint density at radius 3 is 2.53 bits per heavy atom. The molecule has 1 fully saturated rings. The molecule has 2 rings (SSSR count). The third kappa shape index (κ3) is 2.80. The molecule has 0 saturated heterocycles. The highest BCUT2D eigenvalue weighted by molar-refractivity contribution is 7.89. The third-order valence-corrected chi connectivity index (χ3v) is 4.55. The predicted octanol–water partition coefficient (Wildman–Crippen LogP) is 0.404. The Hall–Kier alpha value is -0.990. The van der Waals surface area contributed by atoms with Crippen molar-refractivity contribution in [3.8, 4) is 0 Å². The van der Waals surface area contributed by atoms with Gasteiger partial charge in [0, 0.05) is 19.1 Å². The highest BCUT2D eigenvalue weighted by Crippen LogP contribution is 2.40. The maximum Gasteiger partial charge on any atom is 0.273 e. The minimum Gasteiger partial charge on any atom is -0.383 e. The van der Waals surface area contributed by atoms with Gasteiger partial charge in [0.1, 0.15) is 5.82 Å². The number of nitrogens with zero attached hydrogens (tertiary/aromatic N) is 3. The van der Waals surface area contributed by atoms with Crippen LogP contribution in [0, 0.1) is 0 Å². The van der Waals surface area contributed by atoms with Crippen molar-refractivity contribution in [3.05, 3.63) is 5.82 Å². The van der Waals surface area contributed by atoms with Crippen molar-refractivity contribution in [1.29, 1.82) is 0 Å². The van der Waals surface area contributed by atoms with Gasteiger partial charge in [-0.25, -0.2) is 13.6 Å². The van der Waals surface area contributed by atoms with E-state index in [2.05, 4.69) is 17.1 Å². The lowest BCUT2D eigenvalue weighted by atomic mass is 9.88. The zero-order valence-electron chi connectivity index (χ0n) is 11.3. The minimum absolute atomic E-state index is 0.121. The summed E-state index contributed by atoms with van der Waals surface area (Å²) in [5, 5.41) is 12.9. The predicted molar refractivity (Wildman–Crippen MR) is 69.1 cm³/mol. The van der Waals surface area contributed by atoms with Gasteiger partial charge < -0.3 is 4.74 Å². The van der Waals surface area contributed by atoms with Crippen molar-refractivity contribution in [2.24, 2.45) is 5.14 Å². The van der Waals surface area contributed by atoms with Gasteiger partial charge in [0.15, 0.2) is 0 Å². The summed E-state index contributed by atoms with van der Waals surface area (Å²) < 4.78 is 29.7. The maximum atomic E-state index is 11.6. The number of hydrogen-bond donors (Lipinski definition) is 1. The normalized spacial score (nSPS) is 18.9. The molecule has 108 valence electrons. The van der Waals surface area contributed by atoms with Crippen LogP contribution in [0.15, 0.2) is 5.16 Å². The fourth-order valence-electron chi connectivity index (χ4n) is 2.71. The molecule has 0 aromatic carbocycles. The molecule has 1 heterocycles. The Balaban J connectivity index is 2.46. The van der Waals surface area contributed by atoms with Crippen LogP contribution in [0.3, 0.4) is 0 Å². The summed E-state index contributed by atoms with van der Waals surface area (Å²) in [6, 6.07) is 0. The lowest BCUT2D eigenvalue weighted by Crippen LogP contribution is -2.27. The number of aromatic nitrogens is 3. The van der Waals surface area contributed by atoms with Crippen LogP contribution in [0.2, 0.25) is 0 Å². The third-order valence-electron chi connectivity index (χ3n) is 3.74. The van der Waals surface area contributed by atoms with Crippen LogP contribution in [0.5, 0.6) is 0 Å². The van der Waals surface area contributed by atoms with E-state index in [4.69, 9.17) is 9.88 Å². The molecule has 1 aromatic heterocycles. The van der Waals surface area contributed by atoms with E-state index in [1.807, 2.05) is 0 Å². The first kappa shape index (κ1) is 14.4. The minimum atomic E-state index is -3.87. The van der Waals surface area contributed by atoms with Gasteiger partial charge in [-0.3, -0.25) is 4.57 Å². The summed E-state index contributed by atoms with van der Waals surface area (Å²) in [4.78, 5) is 0. The van der Waals surface area contributed by atoms with Gasteiger partial charge in [-0.15, -0.1) is 10.2 Å². The Morgan fingerprint density at radius 1 is 1.37 bits per heavy atom. The second kappa shape index (κ2) is 5.18. The average Bonchev–Trinajstić information content (AvgIpc) is 2.92. The van der Waals surface area contributed by atoms with Crippen LogP contribution in [0.25, 0.3) is 0 Å². The first-order chi connectivity index (χ1) is 8.88. The number of hydrogen-bond acceptors (Lipinski definition) is 5. The molecule has 1 aliphatic carbocycles. The van der Waals surface area contributed by atoms with E-state index in [1.165, 1.54) is 0 Å². The van der Waals surface area contributed by atoms with E-state index in [-0.39, 0.29) is 10.6 Å². The second-order valence-electron chi connectivity index (χ2n) is 5.26. The molecule has 0 radical (unpaired) electrons. The van der Waals surface area contributed by atoms with Crippen LogP contribution in [-0.4, -0.2) is 36.9 Å². The van der Waals surface area contributed by atoms with Gasteiger partial charge in [-0.05, 0) is 12.8 Å². The summed E-state index contributed by atoms with van der Waals surface area (Å²) in [6.07, 6.45) is 4.22. The van der Waals surface area contributed by atoms with Crippen molar-refractivity contribution in [2.75, 3.05) is 13.7 Å². The van der Waals surface area contributed by atoms with E-state index in [0.717, 1.165) is 25.7 Å². The Labute approximate surface area is 113 Å². The van der Waals surface area contributed by atoms with E-state index in [9.17, 15) is 8.42 Å². The summed E-state index contributed by atoms with van der Waals surface area (Å²) in [6.45, 7) is 2.88. The first-order valence-electron chi connectivity index (χ1n) is 6.34. The van der Waals surface area contributed by atoms with E-state index < -0.39 is 10.0 Å². The van der Waals surface area contributed by atoms with Crippen molar-refractivity contribution in [1.82, 2.24) is 14.8 Å². The lowest BCUT2D eigenvalue weighted by molar-refractivity contribution is 0.181. The van der Waals surface area contributed by atoms with Crippen LogP contribution >= 0.6 is 0 Å². The molecular formula is C11H20N4O3S. The zero-order valence-corrected chi connectivity index (χ0v) is 12.1. The Kier molecular flexibility index (Phi) is 3.93. The van der Waals surface area contributed by atoms with Gasteiger partial charge >= 0.3 is 0 Å². The molecule has 0 spiro atoms. The molecule has 1 aromatic rings. The topological polar surface area (TPSA) is 100 Å². The quantitative estimate of drug-likeness (QED) is 0.845. The molecular weight excluding hydrogens is 268 g/mol. The molecule has 0 amide bonds. The average molecular weight is 288 g/mol. The number of nitrogens with two attached hydrogens (primary N) is 1. The number of sulfonamides is 1. The molecule has 0 unspecified atom stereocenters. The maximum absolute atomic E-state index is 11.6. The number of ether oxygens (including phenoxy) is 1. The van der Waals surface area contributed by atoms with E-state index in [1.54, 1.807) is 11.7 Å². The van der Waals surface area contributed by atoms with Crippen molar-refractivity contribution >= 4 is 10.0 Å². The Bertz CT molecular complexity index is 546. The molecule has 0 atom stereocenters. The summed E-state index contributed by atoms with van der Waals surface area (Å²) in [7, 11) is -2.30. The summed E-state index contributed by atoms with van der Waals surface area (Å²) >= 11 is 0. The largest absolute Gasteiger partial charge is 0.383 e. The second-order valence-corrected chi connectivity index (χ2v) is 6.72. The van der Waals surface area contributed by atoms with Gasteiger partial charge in [0.05, 0.1) is 6.61 Å². The molecule has 19 heavy (non-hydrogen) atoms. The highest BCUT2D eigenvalue weighted by Gasteiger charge is 2.37. The van der Waals surface area contributed by atoms with Gasteiger partial charge in [0.25, 0.3) is 15.2 Å². The molecule has 0 bridgehead atoms. The van der Waals surface area contributed by atoms with Crippen molar-refractivity contribution in [2.45, 2.75) is 49.7 Å². The van der Waals surface area contributed by atoms with Gasteiger partial charge in [0.2, 0.25) is 0 Å².